The second-order valence-electron chi connectivity index (χ2n) is 5.57. The lowest BCUT2D eigenvalue weighted by Crippen LogP contribution is -2.11. The van der Waals surface area contributed by atoms with E-state index >= 15 is 0 Å². The van der Waals surface area contributed by atoms with Gasteiger partial charge in [0.05, 0.1) is 0 Å². The van der Waals surface area contributed by atoms with Crippen LogP contribution in [0.25, 0.3) is 11.1 Å². The Morgan fingerprint density at radius 3 is 2.15 bits per heavy atom. The Labute approximate surface area is 128 Å². The van der Waals surface area contributed by atoms with Crippen molar-refractivity contribution in [3.63, 3.8) is 0 Å². The van der Waals surface area contributed by atoms with Gasteiger partial charge in [0.2, 0.25) is 0 Å². The second kappa shape index (κ2) is 8.08. The van der Waals surface area contributed by atoms with Crippen LogP contribution < -0.4 is 5.73 Å². The molecule has 2 aromatic carbocycles. The maximum absolute atomic E-state index is 6.29. The summed E-state index contributed by atoms with van der Waals surface area (Å²) in [6, 6.07) is 19.2. The Bertz CT molecular complexity index is 508. The Morgan fingerprint density at radius 2 is 1.50 bits per heavy atom. The van der Waals surface area contributed by atoms with Crippen molar-refractivity contribution in [3.8, 4) is 11.1 Å². The third-order valence-electron chi connectivity index (χ3n) is 3.48. The van der Waals surface area contributed by atoms with Gasteiger partial charge >= 0.3 is 0 Å². The molecular formula is C18H24ClN. The molecule has 1 atom stereocenters. The van der Waals surface area contributed by atoms with Gasteiger partial charge in [-0.2, -0.15) is 0 Å². The molecular weight excluding hydrogens is 266 g/mol. The Morgan fingerprint density at radius 1 is 0.850 bits per heavy atom. The molecule has 0 aliphatic heterocycles. The van der Waals surface area contributed by atoms with Crippen LogP contribution in [0.3, 0.4) is 0 Å². The molecule has 0 saturated carbocycles. The molecule has 0 aliphatic rings. The summed E-state index contributed by atoms with van der Waals surface area (Å²) >= 11 is 0. The number of halogens is 1. The first-order valence-corrected chi connectivity index (χ1v) is 7.08. The molecule has 0 unspecified atom stereocenters. The van der Waals surface area contributed by atoms with Crippen LogP contribution in [-0.4, -0.2) is 0 Å². The summed E-state index contributed by atoms with van der Waals surface area (Å²) in [7, 11) is 0. The second-order valence-corrected chi connectivity index (χ2v) is 5.57. The van der Waals surface area contributed by atoms with Crippen LogP contribution in [0.1, 0.15) is 38.3 Å². The first-order valence-electron chi connectivity index (χ1n) is 7.08. The van der Waals surface area contributed by atoms with Gasteiger partial charge in [-0.3, -0.25) is 0 Å². The summed E-state index contributed by atoms with van der Waals surface area (Å²) in [6.07, 6.45) is 2.23. The van der Waals surface area contributed by atoms with Gasteiger partial charge in [-0.25, -0.2) is 0 Å². The highest BCUT2D eigenvalue weighted by Crippen LogP contribution is 2.24. The Balaban J connectivity index is 0.00000200. The fourth-order valence-corrected chi connectivity index (χ4v) is 2.26. The van der Waals surface area contributed by atoms with Crippen molar-refractivity contribution in [2.75, 3.05) is 0 Å². The van der Waals surface area contributed by atoms with E-state index in [1.165, 1.54) is 23.1 Å². The van der Waals surface area contributed by atoms with E-state index in [0.717, 1.165) is 6.42 Å². The van der Waals surface area contributed by atoms with Crippen LogP contribution in [-0.2, 0) is 0 Å². The fraction of sp³-hybridized carbons (Fsp3) is 0.333. The fourth-order valence-electron chi connectivity index (χ4n) is 2.26. The topological polar surface area (TPSA) is 26.0 Å². The van der Waals surface area contributed by atoms with Gasteiger partial charge in [0.1, 0.15) is 0 Å². The standard InChI is InChI=1S/C18H23N.ClH/c1-14(2)11-12-18(19)17-10-6-9-16(13-17)15-7-4-3-5-8-15;/h3-10,13-14,18H,11-12,19H2,1-2H3;1H/t18-;/m0./s1. The summed E-state index contributed by atoms with van der Waals surface area (Å²) in [5.41, 5.74) is 10.0. The van der Waals surface area contributed by atoms with Gasteiger partial charge in [0.25, 0.3) is 0 Å². The zero-order chi connectivity index (χ0) is 13.7. The van der Waals surface area contributed by atoms with Crippen molar-refractivity contribution in [2.45, 2.75) is 32.7 Å². The van der Waals surface area contributed by atoms with Crippen molar-refractivity contribution >= 4 is 12.4 Å². The summed E-state index contributed by atoms with van der Waals surface area (Å²) in [5.74, 6) is 0.711. The molecule has 2 rings (SSSR count). The lowest BCUT2D eigenvalue weighted by molar-refractivity contribution is 0.507. The van der Waals surface area contributed by atoms with E-state index in [9.17, 15) is 0 Å². The van der Waals surface area contributed by atoms with Gasteiger partial charge in [-0.05, 0) is 41.5 Å². The lowest BCUT2D eigenvalue weighted by Gasteiger charge is -2.14. The van der Waals surface area contributed by atoms with Crippen molar-refractivity contribution < 1.29 is 0 Å². The van der Waals surface area contributed by atoms with Gasteiger partial charge in [-0.15, -0.1) is 12.4 Å². The van der Waals surface area contributed by atoms with E-state index in [1.807, 2.05) is 6.07 Å². The SMILES string of the molecule is CC(C)CC[C@H](N)c1cccc(-c2ccccc2)c1.Cl. The van der Waals surface area contributed by atoms with Crippen LogP contribution in [0, 0.1) is 5.92 Å². The van der Waals surface area contributed by atoms with Crippen LogP contribution in [0.4, 0.5) is 0 Å². The van der Waals surface area contributed by atoms with E-state index in [2.05, 4.69) is 62.4 Å². The molecule has 0 fully saturated rings. The minimum absolute atomic E-state index is 0. The summed E-state index contributed by atoms with van der Waals surface area (Å²) in [5, 5.41) is 0. The van der Waals surface area contributed by atoms with Crippen molar-refractivity contribution in [3.05, 3.63) is 60.2 Å². The minimum atomic E-state index is 0. The first-order chi connectivity index (χ1) is 9.16. The third-order valence-corrected chi connectivity index (χ3v) is 3.48. The number of benzene rings is 2. The predicted molar refractivity (Wildman–Crippen MR) is 90.1 cm³/mol. The quantitative estimate of drug-likeness (QED) is 0.803. The van der Waals surface area contributed by atoms with Gasteiger partial charge in [0, 0.05) is 6.04 Å². The van der Waals surface area contributed by atoms with Gasteiger partial charge in [-0.1, -0.05) is 62.4 Å². The maximum Gasteiger partial charge on any atom is 0.0295 e. The minimum Gasteiger partial charge on any atom is -0.324 e. The molecule has 0 bridgehead atoms. The molecule has 20 heavy (non-hydrogen) atoms. The molecule has 2 heteroatoms. The van der Waals surface area contributed by atoms with Crippen LogP contribution >= 0.6 is 12.4 Å². The molecule has 0 amide bonds. The van der Waals surface area contributed by atoms with Crippen LogP contribution in [0.5, 0.6) is 0 Å². The smallest absolute Gasteiger partial charge is 0.0295 e. The first kappa shape index (κ1) is 16.7. The molecule has 0 heterocycles. The number of hydrogen-bond donors (Lipinski definition) is 1. The zero-order valence-electron chi connectivity index (χ0n) is 12.3. The highest BCUT2D eigenvalue weighted by atomic mass is 35.5. The lowest BCUT2D eigenvalue weighted by atomic mass is 9.95. The molecule has 0 saturated heterocycles. The average molecular weight is 290 g/mol. The number of rotatable bonds is 5. The Kier molecular flexibility index (Phi) is 6.77. The molecule has 0 aliphatic carbocycles. The monoisotopic (exact) mass is 289 g/mol. The van der Waals surface area contributed by atoms with Crippen molar-refractivity contribution in [1.82, 2.24) is 0 Å². The van der Waals surface area contributed by atoms with E-state index in [4.69, 9.17) is 5.73 Å². The summed E-state index contributed by atoms with van der Waals surface area (Å²) in [6.45, 7) is 4.49. The van der Waals surface area contributed by atoms with E-state index < -0.39 is 0 Å². The summed E-state index contributed by atoms with van der Waals surface area (Å²) < 4.78 is 0. The maximum atomic E-state index is 6.29. The van der Waals surface area contributed by atoms with Gasteiger partial charge in [0.15, 0.2) is 0 Å². The number of nitrogens with two attached hydrogens (primary N) is 1. The zero-order valence-corrected chi connectivity index (χ0v) is 13.1. The highest BCUT2D eigenvalue weighted by molar-refractivity contribution is 5.85. The summed E-state index contributed by atoms with van der Waals surface area (Å²) in [4.78, 5) is 0. The van der Waals surface area contributed by atoms with Gasteiger partial charge < -0.3 is 5.73 Å². The highest BCUT2D eigenvalue weighted by Gasteiger charge is 2.08. The molecule has 1 nitrogen and oxygen atoms in total. The molecule has 108 valence electrons. The predicted octanol–water partition coefficient (Wildman–Crippen LogP) is 5.21. The van der Waals surface area contributed by atoms with E-state index in [0.29, 0.717) is 5.92 Å². The Hall–Kier alpha value is -1.31. The normalized spacial score (nSPS) is 12.0. The molecule has 0 spiro atoms. The largest absolute Gasteiger partial charge is 0.324 e. The number of hydrogen-bond acceptors (Lipinski definition) is 1. The van der Waals surface area contributed by atoms with E-state index in [-0.39, 0.29) is 18.4 Å². The average Bonchev–Trinajstić information content (AvgIpc) is 2.46. The molecule has 0 radical (unpaired) electrons. The molecule has 2 N–H and O–H groups in total. The van der Waals surface area contributed by atoms with Crippen molar-refractivity contribution in [1.29, 1.82) is 0 Å². The van der Waals surface area contributed by atoms with E-state index in [1.54, 1.807) is 0 Å². The molecule has 0 aromatic heterocycles. The third kappa shape index (κ3) is 4.66. The van der Waals surface area contributed by atoms with Crippen LogP contribution in [0.15, 0.2) is 54.6 Å². The molecule has 2 aromatic rings. The van der Waals surface area contributed by atoms with Crippen LogP contribution in [0.2, 0.25) is 0 Å². The van der Waals surface area contributed by atoms with Crippen molar-refractivity contribution in [2.24, 2.45) is 11.7 Å².